The van der Waals surface area contributed by atoms with Crippen LogP contribution in [0.25, 0.3) is 6.08 Å². The molecule has 0 fully saturated rings. The summed E-state index contributed by atoms with van der Waals surface area (Å²) in [4.78, 5) is 33.2. The van der Waals surface area contributed by atoms with Crippen LogP contribution in [0.2, 0.25) is 0 Å². The van der Waals surface area contributed by atoms with E-state index in [2.05, 4.69) is 5.32 Å². The van der Waals surface area contributed by atoms with Gasteiger partial charge < -0.3 is 25.4 Å². The number of methoxy groups -OCH3 is 1. The summed E-state index contributed by atoms with van der Waals surface area (Å²) in [5.41, 5.74) is 0.313. The topological polar surface area (TPSA) is 133 Å². The summed E-state index contributed by atoms with van der Waals surface area (Å²) in [7, 11) is 1.20. The summed E-state index contributed by atoms with van der Waals surface area (Å²) in [5.74, 6) is -3.40. The molecule has 1 rings (SSSR count). The standard InChI is InChI=1S/C15H17NO7/c1-23-12(15(21)22)8-9-4-5-11(17)10(7-9)14(20)16-6-2-3-13(18)19/h4-5,7-8,17H,2-3,6H2,1H3,(H,16,20)(H,18,19)(H,21,22)/b12-8+. The van der Waals surface area contributed by atoms with E-state index >= 15 is 0 Å². The predicted octanol–water partition coefficient (Wildman–Crippen LogP) is 1.06. The average Bonchev–Trinajstić information content (AvgIpc) is 2.49. The molecule has 0 saturated heterocycles. The highest BCUT2D eigenvalue weighted by molar-refractivity contribution is 5.98. The minimum Gasteiger partial charge on any atom is -0.507 e. The monoisotopic (exact) mass is 323 g/mol. The lowest BCUT2D eigenvalue weighted by atomic mass is 10.1. The van der Waals surface area contributed by atoms with Gasteiger partial charge in [-0.15, -0.1) is 0 Å². The number of hydrogen-bond acceptors (Lipinski definition) is 5. The van der Waals surface area contributed by atoms with Gasteiger partial charge in [-0.2, -0.15) is 0 Å². The lowest BCUT2D eigenvalue weighted by Crippen LogP contribution is -2.25. The second kappa shape index (κ2) is 8.42. The molecular formula is C15H17NO7. The van der Waals surface area contributed by atoms with Crippen molar-refractivity contribution in [2.45, 2.75) is 12.8 Å². The molecule has 1 aromatic carbocycles. The molecule has 0 saturated carbocycles. The second-order valence-corrected chi connectivity index (χ2v) is 4.55. The number of nitrogens with one attached hydrogen (secondary N) is 1. The van der Waals surface area contributed by atoms with Crippen molar-refractivity contribution in [1.29, 1.82) is 0 Å². The van der Waals surface area contributed by atoms with Crippen LogP contribution >= 0.6 is 0 Å². The Labute approximate surface area is 132 Å². The first-order chi connectivity index (χ1) is 10.8. The number of phenols is 1. The van der Waals surface area contributed by atoms with Crippen LogP contribution in [0.1, 0.15) is 28.8 Å². The van der Waals surface area contributed by atoms with Crippen molar-refractivity contribution >= 4 is 23.9 Å². The Hall–Kier alpha value is -3.03. The molecule has 4 N–H and O–H groups in total. The molecule has 0 spiro atoms. The van der Waals surface area contributed by atoms with E-state index in [1.165, 1.54) is 31.4 Å². The highest BCUT2D eigenvalue weighted by Crippen LogP contribution is 2.20. The molecule has 1 amide bonds. The van der Waals surface area contributed by atoms with Gasteiger partial charge in [0.1, 0.15) is 5.75 Å². The molecule has 124 valence electrons. The highest BCUT2D eigenvalue weighted by atomic mass is 16.5. The van der Waals surface area contributed by atoms with Crippen LogP contribution < -0.4 is 5.32 Å². The first-order valence-electron chi connectivity index (χ1n) is 6.67. The predicted molar refractivity (Wildman–Crippen MR) is 79.9 cm³/mol. The average molecular weight is 323 g/mol. The third-order valence-corrected chi connectivity index (χ3v) is 2.85. The van der Waals surface area contributed by atoms with Gasteiger partial charge in [-0.25, -0.2) is 4.79 Å². The Bertz CT molecular complexity index is 637. The fourth-order valence-corrected chi connectivity index (χ4v) is 1.72. The van der Waals surface area contributed by atoms with E-state index in [0.29, 0.717) is 5.56 Å². The van der Waals surface area contributed by atoms with Gasteiger partial charge >= 0.3 is 11.9 Å². The fraction of sp³-hybridized carbons (Fsp3) is 0.267. The van der Waals surface area contributed by atoms with Crippen LogP contribution in [0.5, 0.6) is 5.75 Å². The number of amides is 1. The van der Waals surface area contributed by atoms with Gasteiger partial charge in [-0.05, 0) is 30.2 Å². The van der Waals surface area contributed by atoms with Crippen LogP contribution in [-0.2, 0) is 14.3 Å². The summed E-state index contributed by atoms with van der Waals surface area (Å²) in [6.07, 6.45) is 1.39. The molecule has 0 radical (unpaired) electrons. The van der Waals surface area contributed by atoms with Crippen molar-refractivity contribution in [2.75, 3.05) is 13.7 Å². The number of aliphatic carboxylic acids is 2. The summed E-state index contributed by atoms with van der Waals surface area (Å²) in [6, 6.07) is 4.00. The van der Waals surface area contributed by atoms with E-state index in [0.717, 1.165) is 0 Å². The van der Waals surface area contributed by atoms with Crippen LogP contribution in [0, 0.1) is 0 Å². The van der Waals surface area contributed by atoms with Crippen molar-refractivity contribution in [2.24, 2.45) is 0 Å². The number of carbonyl (C=O) groups is 3. The maximum atomic E-state index is 12.0. The Morgan fingerprint density at radius 3 is 2.52 bits per heavy atom. The molecule has 0 atom stereocenters. The quantitative estimate of drug-likeness (QED) is 0.319. The Morgan fingerprint density at radius 2 is 1.96 bits per heavy atom. The summed E-state index contributed by atoms with van der Waals surface area (Å²) in [6.45, 7) is 0.142. The van der Waals surface area contributed by atoms with E-state index in [9.17, 15) is 19.5 Å². The molecule has 0 bridgehead atoms. The van der Waals surface area contributed by atoms with Crippen LogP contribution in [-0.4, -0.2) is 46.8 Å². The number of ether oxygens (including phenoxy) is 1. The first-order valence-corrected chi connectivity index (χ1v) is 6.67. The number of aromatic hydroxyl groups is 1. The van der Waals surface area contributed by atoms with Crippen LogP contribution in [0.4, 0.5) is 0 Å². The molecule has 1 aromatic rings. The minimum absolute atomic E-state index is 0.0464. The Morgan fingerprint density at radius 1 is 1.26 bits per heavy atom. The summed E-state index contributed by atoms with van der Waals surface area (Å²) >= 11 is 0. The zero-order valence-corrected chi connectivity index (χ0v) is 12.4. The van der Waals surface area contributed by atoms with Crippen molar-refractivity contribution in [1.82, 2.24) is 5.32 Å². The SMILES string of the molecule is CO/C(=C/c1ccc(O)c(C(=O)NCCCC(=O)O)c1)C(=O)O. The van der Waals surface area contributed by atoms with Crippen molar-refractivity contribution < 1.29 is 34.4 Å². The van der Waals surface area contributed by atoms with E-state index in [1.807, 2.05) is 0 Å². The van der Waals surface area contributed by atoms with E-state index < -0.39 is 17.8 Å². The number of carboxylic acids is 2. The van der Waals surface area contributed by atoms with Gasteiger partial charge in [-0.1, -0.05) is 6.07 Å². The molecule has 8 nitrogen and oxygen atoms in total. The third-order valence-electron chi connectivity index (χ3n) is 2.85. The molecule has 0 heterocycles. The van der Waals surface area contributed by atoms with E-state index in [4.69, 9.17) is 14.9 Å². The number of phenolic OH excluding ortho intramolecular Hbond substituents is 1. The fourth-order valence-electron chi connectivity index (χ4n) is 1.72. The largest absolute Gasteiger partial charge is 0.507 e. The summed E-state index contributed by atoms with van der Waals surface area (Å²) in [5, 5.41) is 29.6. The molecule has 0 aliphatic heterocycles. The second-order valence-electron chi connectivity index (χ2n) is 4.55. The van der Waals surface area contributed by atoms with Gasteiger partial charge in [0.25, 0.3) is 5.91 Å². The molecule has 0 unspecified atom stereocenters. The molecule has 0 aliphatic rings. The zero-order chi connectivity index (χ0) is 17.4. The van der Waals surface area contributed by atoms with Crippen molar-refractivity contribution in [3.8, 4) is 5.75 Å². The smallest absolute Gasteiger partial charge is 0.371 e. The van der Waals surface area contributed by atoms with E-state index in [-0.39, 0.29) is 36.5 Å². The van der Waals surface area contributed by atoms with Gasteiger partial charge in [-0.3, -0.25) is 9.59 Å². The molecule has 0 aromatic heterocycles. The maximum Gasteiger partial charge on any atom is 0.371 e. The zero-order valence-electron chi connectivity index (χ0n) is 12.4. The Balaban J connectivity index is 2.86. The van der Waals surface area contributed by atoms with Gasteiger partial charge in [0.05, 0.1) is 12.7 Å². The highest BCUT2D eigenvalue weighted by Gasteiger charge is 2.13. The Kier molecular flexibility index (Phi) is 6.60. The maximum absolute atomic E-state index is 12.0. The van der Waals surface area contributed by atoms with Crippen molar-refractivity contribution in [3.63, 3.8) is 0 Å². The lowest BCUT2D eigenvalue weighted by molar-refractivity contribution is -0.137. The number of hydrogen-bond donors (Lipinski definition) is 4. The van der Waals surface area contributed by atoms with Gasteiger partial charge in [0.2, 0.25) is 5.76 Å². The van der Waals surface area contributed by atoms with Gasteiger partial charge in [0.15, 0.2) is 0 Å². The number of carboxylic acid groups (broad SMARTS) is 2. The van der Waals surface area contributed by atoms with Crippen LogP contribution in [0.3, 0.4) is 0 Å². The molecular weight excluding hydrogens is 306 g/mol. The molecule has 23 heavy (non-hydrogen) atoms. The van der Waals surface area contributed by atoms with E-state index in [1.54, 1.807) is 0 Å². The lowest BCUT2D eigenvalue weighted by Gasteiger charge is -2.08. The normalized spacial score (nSPS) is 10.9. The third kappa shape index (κ3) is 5.70. The molecule has 8 heteroatoms. The minimum atomic E-state index is -1.26. The number of benzene rings is 1. The van der Waals surface area contributed by atoms with Crippen LogP contribution in [0.15, 0.2) is 24.0 Å². The number of carbonyl (C=O) groups excluding carboxylic acids is 1. The van der Waals surface area contributed by atoms with Gasteiger partial charge in [0, 0.05) is 13.0 Å². The summed E-state index contributed by atoms with van der Waals surface area (Å²) < 4.78 is 4.69. The number of rotatable bonds is 8. The van der Waals surface area contributed by atoms with Crippen molar-refractivity contribution in [3.05, 3.63) is 35.1 Å². The first kappa shape index (κ1) is 18.0. The molecule has 0 aliphatic carbocycles.